The molecule has 0 aromatic heterocycles. The molecule has 1 fully saturated rings. The van der Waals surface area contributed by atoms with Crippen molar-refractivity contribution in [1.82, 2.24) is 4.90 Å². The quantitative estimate of drug-likeness (QED) is 0.703. The van der Waals surface area contributed by atoms with E-state index in [-0.39, 0.29) is 0 Å². The van der Waals surface area contributed by atoms with Crippen LogP contribution < -0.4 is 0 Å². The molecule has 106 valence electrons. The van der Waals surface area contributed by atoms with E-state index in [0.717, 1.165) is 6.42 Å². The van der Waals surface area contributed by atoms with Crippen LogP contribution in [0.3, 0.4) is 0 Å². The third kappa shape index (κ3) is 2.53. The van der Waals surface area contributed by atoms with E-state index in [0.29, 0.717) is 19.4 Å². The van der Waals surface area contributed by atoms with Gasteiger partial charge in [0.1, 0.15) is 17.9 Å². The van der Waals surface area contributed by atoms with E-state index in [1.165, 1.54) is 4.90 Å². The first-order chi connectivity index (χ1) is 8.15. The standard InChI is InChI=1S/C13H25NO4/c1-5-13(18,12(2,3)4)11(17)14-8-6-7-9(14)10(15)16/h9,11,17-18H,5-8H2,1-4H3,(H,15,16)/t9?,11?,13-/m0/s1. The zero-order valence-corrected chi connectivity index (χ0v) is 11.7. The minimum atomic E-state index is -1.31. The number of rotatable bonds is 4. The van der Waals surface area contributed by atoms with Crippen LogP contribution >= 0.6 is 0 Å². The van der Waals surface area contributed by atoms with Crippen molar-refractivity contribution < 1.29 is 20.1 Å². The van der Waals surface area contributed by atoms with E-state index in [9.17, 15) is 15.0 Å². The molecule has 0 aromatic rings. The van der Waals surface area contributed by atoms with Crippen LogP contribution in [0, 0.1) is 5.41 Å². The van der Waals surface area contributed by atoms with E-state index in [4.69, 9.17) is 5.11 Å². The molecule has 0 aliphatic carbocycles. The molecule has 5 heteroatoms. The maximum Gasteiger partial charge on any atom is 0.320 e. The predicted octanol–water partition coefficient (Wildman–Crippen LogP) is 1.04. The van der Waals surface area contributed by atoms with Crippen LogP contribution in [0.4, 0.5) is 0 Å². The Morgan fingerprint density at radius 3 is 2.39 bits per heavy atom. The number of carboxylic acid groups (broad SMARTS) is 1. The van der Waals surface area contributed by atoms with Gasteiger partial charge >= 0.3 is 5.97 Å². The number of hydrogen-bond donors (Lipinski definition) is 3. The lowest BCUT2D eigenvalue weighted by molar-refractivity contribution is -0.205. The van der Waals surface area contributed by atoms with Crippen LogP contribution in [0.15, 0.2) is 0 Å². The summed E-state index contributed by atoms with van der Waals surface area (Å²) in [6, 6.07) is -0.694. The molecule has 1 aliphatic heterocycles. The van der Waals surface area contributed by atoms with Gasteiger partial charge in [0.2, 0.25) is 0 Å². The summed E-state index contributed by atoms with van der Waals surface area (Å²) in [6.45, 7) is 7.87. The summed E-state index contributed by atoms with van der Waals surface area (Å²) >= 11 is 0. The van der Waals surface area contributed by atoms with E-state index < -0.39 is 29.3 Å². The minimum Gasteiger partial charge on any atom is -0.480 e. The number of aliphatic hydroxyl groups is 2. The van der Waals surface area contributed by atoms with Gasteiger partial charge < -0.3 is 15.3 Å². The van der Waals surface area contributed by atoms with E-state index in [2.05, 4.69) is 0 Å². The van der Waals surface area contributed by atoms with E-state index >= 15 is 0 Å². The van der Waals surface area contributed by atoms with Crippen LogP contribution in [0.25, 0.3) is 0 Å². The first-order valence-corrected chi connectivity index (χ1v) is 6.54. The number of hydrogen-bond acceptors (Lipinski definition) is 4. The second-order valence-electron chi connectivity index (χ2n) is 6.14. The summed E-state index contributed by atoms with van der Waals surface area (Å²) in [7, 11) is 0. The number of aliphatic hydroxyl groups excluding tert-OH is 1. The van der Waals surface area contributed by atoms with Crippen molar-refractivity contribution in [3.63, 3.8) is 0 Å². The van der Waals surface area contributed by atoms with Crippen molar-refractivity contribution in [2.24, 2.45) is 5.41 Å². The van der Waals surface area contributed by atoms with Crippen LogP contribution in [-0.4, -0.2) is 50.6 Å². The number of aliphatic carboxylic acids is 1. The fourth-order valence-electron chi connectivity index (χ4n) is 2.72. The summed E-state index contributed by atoms with van der Waals surface area (Å²) in [4.78, 5) is 12.7. The Morgan fingerprint density at radius 2 is 2.00 bits per heavy atom. The van der Waals surface area contributed by atoms with Gasteiger partial charge in [-0.15, -0.1) is 0 Å². The molecule has 1 aliphatic rings. The molecule has 0 spiro atoms. The molecule has 1 saturated heterocycles. The summed E-state index contributed by atoms with van der Waals surface area (Å²) in [6.07, 6.45) is 0.487. The molecule has 18 heavy (non-hydrogen) atoms. The Balaban J connectivity index is 2.97. The highest BCUT2D eigenvalue weighted by Gasteiger charge is 2.50. The molecule has 0 bridgehead atoms. The molecule has 0 saturated carbocycles. The lowest BCUT2D eigenvalue weighted by atomic mass is 9.73. The molecular formula is C13H25NO4. The molecular weight excluding hydrogens is 234 g/mol. The van der Waals surface area contributed by atoms with Gasteiger partial charge in [0.15, 0.2) is 0 Å². The first kappa shape index (κ1) is 15.4. The molecule has 1 rings (SSSR count). The minimum absolute atomic E-state index is 0.376. The van der Waals surface area contributed by atoms with Crippen LogP contribution in [0.2, 0.25) is 0 Å². The van der Waals surface area contributed by atoms with Gasteiger partial charge in [0, 0.05) is 6.54 Å². The van der Waals surface area contributed by atoms with Crippen LogP contribution in [0.1, 0.15) is 47.0 Å². The van der Waals surface area contributed by atoms with E-state index in [1.807, 2.05) is 20.8 Å². The second kappa shape index (κ2) is 5.15. The highest BCUT2D eigenvalue weighted by atomic mass is 16.4. The van der Waals surface area contributed by atoms with Crippen molar-refractivity contribution in [3.8, 4) is 0 Å². The Bertz CT molecular complexity index is 313. The normalized spacial score (nSPS) is 26.9. The van der Waals surface area contributed by atoms with Gasteiger partial charge in [-0.1, -0.05) is 27.7 Å². The topological polar surface area (TPSA) is 81.0 Å². The van der Waals surface area contributed by atoms with E-state index in [1.54, 1.807) is 6.92 Å². The number of likely N-dealkylation sites (tertiary alicyclic amines) is 1. The van der Waals surface area contributed by atoms with Gasteiger partial charge in [0.25, 0.3) is 0 Å². The summed E-state index contributed by atoms with van der Waals surface area (Å²) in [5.74, 6) is -0.932. The van der Waals surface area contributed by atoms with Crippen LogP contribution in [-0.2, 0) is 4.79 Å². The van der Waals surface area contributed by atoms with Crippen molar-refractivity contribution in [3.05, 3.63) is 0 Å². The van der Waals surface area contributed by atoms with Crippen molar-refractivity contribution in [2.75, 3.05) is 6.54 Å². The third-order valence-electron chi connectivity index (χ3n) is 4.16. The molecule has 0 amide bonds. The van der Waals surface area contributed by atoms with Crippen molar-refractivity contribution >= 4 is 5.97 Å². The van der Waals surface area contributed by atoms with Crippen molar-refractivity contribution in [2.45, 2.75) is 64.8 Å². The van der Waals surface area contributed by atoms with Gasteiger partial charge in [0.05, 0.1) is 0 Å². The highest BCUT2D eigenvalue weighted by molar-refractivity contribution is 5.73. The molecule has 1 heterocycles. The van der Waals surface area contributed by atoms with Gasteiger partial charge in [-0.2, -0.15) is 0 Å². The fraction of sp³-hybridized carbons (Fsp3) is 0.923. The lowest BCUT2D eigenvalue weighted by Gasteiger charge is -2.47. The summed E-state index contributed by atoms with van der Waals surface area (Å²) < 4.78 is 0. The van der Waals surface area contributed by atoms with Crippen LogP contribution in [0.5, 0.6) is 0 Å². The Labute approximate surface area is 108 Å². The predicted molar refractivity (Wildman–Crippen MR) is 68.1 cm³/mol. The molecule has 3 N–H and O–H groups in total. The maximum absolute atomic E-state index is 11.1. The average molecular weight is 259 g/mol. The Hall–Kier alpha value is -0.650. The molecule has 3 atom stereocenters. The first-order valence-electron chi connectivity index (χ1n) is 6.54. The molecule has 2 unspecified atom stereocenters. The number of nitrogens with zero attached hydrogens (tertiary/aromatic N) is 1. The van der Waals surface area contributed by atoms with Gasteiger partial charge in [-0.25, -0.2) is 0 Å². The number of carboxylic acids is 1. The SMILES string of the molecule is CC[C@](O)(C(O)N1CCCC1C(=O)O)C(C)(C)C. The monoisotopic (exact) mass is 259 g/mol. The number of carbonyl (C=O) groups is 1. The maximum atomic E-state index is 11.1. The average Bonchev–Trinajstić information content (AvgIpc) is 2.74. The largest absolute Gasteiger partial charge is 0.480 e. The molecule has 5 nitrogen and oxygen atoms in total. The Morgan fingerprint density at radius 1 is 1.44 bits per heavy atom. The van der Waals surface area contributed by atoms with Gasteiger partial charge in [-0.3, -0.25) is 9.69 Å². The summed E-state index contributed by atoms with van der Waals surface area (Å²) in [5.41, 5.74) is -1.84. The molecule has 0 aromatic carbocycles. The third-order valence-corrected chi connectivity index (χ3v) is 4.16. The van der Waals surface area contributed by atoms with Crippen molar-refractivity contribution in [1.29, 1.82) is 0 Å². The smallest absolute Gasteiger partial charge is 0.320 e. The lowest BCUT2D eigenvalue weighted by Crippen LogP contribution is -2.61. The van der Waals surface area contributed by atoms with Gasteiger partial charge in [-0.05, 0) is 24.7 Å². The Kier molecular flexibility index (Phi) is 4.41. The zero-order chi connectivity index (χ0) is 14.1. The summed E-state index contributed by atoms with van der Waals surface area (Å²) in [5, 5.41) is 30.3. The highest BCUT2D eigenvalue weighted by Crippen LogP contribution is 2.39. The second-order valence-corrected chi connectivity index (χ2v) is 6.14. The molecule has 0 radical (unpaired) electrons. The fourth-order valence-corrected chi connectivity index (χ4v) is 2.72. The zero-order valence-electron chi connectivity index (χ0n) is 11.7.